The number of amides is 1. The molecule has 1 fully saturated rings. The molecule has 1 saturated heterocycles. The molecule has 0 unspecified atom stereocenters. The molecule has 0 radical (unpaired) electrons. The normalized spacial score (nSPS) is 15.7. The SMILES string of the molecule is Cn1c(-c2ccccc2CO)nc2sc(N3CCC[C@@H]3C(=O)NCc3ccccc3)nc2c1=O. The molecule has 3 heterocycles. The molecule has 1 atom stereocenters. The van der Waals surface area contributed by atoms with Crippen molar-refractivity contribution in [1.82, 2.24) is 19.9 Å². The molecule has 0 bridgehead atoms. The highest BCUT2D eigenvalue weighted by Gasteiger charge is 2.33. The number of hydrogen-bond donors (Lipinski definition) is 2. The molecule has 0 saturated carbocycles. The quantitative estimate of drug-likeness (QED) is 0.445. The van der Waals surface area contributed by atoms with E-state index in [2.05, 4.69) is 10.3 Å². The number of hydrogen-bond acceptors (Lipinski definition) is 7. The topological polar surface area (TPSA) is 100 Å². The number of aromatic nitrogens is 3. The molecular weight excluding hydrogens is 450 g/mol. The number of fused-ring (bicyclic) bond motifs is 1. The van der Waals surface area contributed by atoms with Crippen molar-refractivity contribution in [3.8, 4) is 11.4 Å². The summed E-state index contributed by atoms with van der Waals surface area (Å²) in [5.74, 6) is 0.440. The molecule has 1 aliphatic rings. The van der Waals surface area contributed by atoms with Crippen molar-refractivity contribution in [2.45, 2.75) is 32.0 Å². The Morgan fingerprint density at radius 3 is 2.71 bits per heavy atom. The van der Waals surface area contributed by atoms with Gasteiger partial charge in [0.2, 0.25) is 5.91 Å². The third-order valence-electron chi connectivity index (χ3n) is 6.17. The number of anilines is 1. The largest absolute Gasteiger partial charge is 0.392 e. The average molecular weight is 476 g/mol. The number of carbonyl (C=O) groups excluding carboxylic acids is 1. The van der Waals surface area contributed by atoms with Gasteiger partial charge in [-0.05, 0) is 24.0 Å². The van der Waals surface area contributed by atoms with Crippen LogP contribution >= 0.6 is 11.3 Å². The molecule has 2 N–H and O–H groups in total. The Kier molecular flexibility index (Phi) is 6.12. The highest BCUT2D eigenvalue weighted by molar-refractivity contribution is 7.21. The molecule has 4 aromatic rings. The third kappa shape index (κ3) is 4.08. The minimum Gasteiger partial charge on any atom is -0.392 e. The first-order valence-corrected chi connectivity index (χ1v) is 12.0. The lowest BCUT2D eigenvalue weighted by Crippen LogP contribution is -2.43. The van der Waals surface area contributed by atoms with Crippen LogP contribution in [0.3, 0.4) is 0 Å². The zero-order valence-electron chi connectivity index (χ0n) is 18.8. The van der Waals surface area contributed by atoms with Crippen LogP contribution in [0.4, 0.5) is 5.13 Å². The van der Waals surface area contributed by atoms with Gasteiger partial charge in [-0.25, -0.2) is 9.97 Å². The number of aliphatic hydroxyl groups excluding tert-OH is 1. The molecule has 34 heavy (non-hydrogen) atoms. The van der Waals surface area contributed by atoms with Crippen molar-refractivity contribution in [3.05, 3.63) is 76.1 Å². The van der Waals surface area contributed by atoms with Crippen LogP contribution < -0.4 is 15.8 Å². The highest BCUT2D eigenvalue weighted by atomic mass is 32.1. The zero-order valence-corrected chi connectivity index (χ0v) is 19.6. The Morgan fingerprint density at radius 1 is 1.15 bits per heavy atom. The van der Waals surface area contributed by atoms with Gasteiger partial charge in [0, 0.05) is 25.7 Å². The van der Waals surface area contributed by atoms with Gasteiger partial charge in [-0.15, -0.1) is 0 Å². The van der Waals surface area contributed by atoms with E-state index in [0.717, 1.165) is 18.4 Å². The number of thiazole rings is 1. The molecule has 9 heteroatoms. The van der Waals surface area contributed by atoms with E-state index >= 15 is 0 Å². The fraction of sp³-hybridized carbons (Fsp3) is 0.280. The highest BCUT2D eigenvalue weighted by Crippen LogP contribution is 2.33. The monoisotopic (exact) mass is 475 g/mol. The molecule has 2 aromatic heterocycles. The Hall–Kier alpha value is -3.56. The first kappa shape index (κ1) is 22.2. The minimum absolute atomic E-state index is 0.0426. The van der Waals surface area contributed by atoms with Crippen LogP contribution in [-0.2, 0) is 25.0 Å². The summed E-state index contributed by atoms with van der Waals surface area (Å²) in [7, 11) is 1.66. The maximum Gasteiger partial charge on any atom is 0.281 e. The van der Waals surface area contributed by atoms with Crippen molar-refractivity contribution >= 4 is 32.7 Å². The van der Waals surface area contributed by atoms with E-state index in [1.54, 1.807) is 7.05 Å². The number of rotatable bonds is 6. The summed E-state index contributed by atoms with van der Waals surface area (Å²) in [6.07, 6.45) is 1.61. The predicted octanol–water partition coefficient (Wildman–Crippen LogP) is 2.83. The van der Waals surface area contributed by atoms with Crippen LogP contribution in [0, 0.1) is 0 Å². The second-order valence-electron chi connectivity index (χ2n) is 8.32. The summed E-state index contributed by atoms with van der Waals surface area (Å²) in [5, 5.41) is 13.4. The van der Waals surface area contributed by atoms with Gasteiger partial charge in [0.25, 0.3) is 5.56 Å². The van der Waals surface area contributed by atoms with Crippen molar-refractivity contribution in [2.24, 2.45) is 7.05 Å². The van der Waals surface area contributed by atoms with E-state index in [9.17, 15) is 14.7 Å². The van der Waals surface area contributed by atoms with E-state index in [1.165, 1.54) is 15.9 Å². The van der Waals surface area contributed by atoms with Crippen LogP contribution in [0.2, 0.25) is 0 Å². The van der Waals surface area contributed by atoms with Crippen molar-refractivity contribution in [2.75, 3.05) is 11.4 Å². The van der Waals surface area contributed by atoms with Gasteiger partial charge >= 0.3 is 0 Å². The first-order valence-electron chi connectivity index (χ1n) is 11.2. The Balaban J connectivity index is 1.45. The Morgan fingerprint density at radius 2 is 1.91 bits per heavy atom. The molecule has 1 aliphatic heterocycles. The number of carbonyl (C=O) groups is 1. The summed E-state index contributed by atoms with van der Waals surface area (Å²) >= 11 is 1.32. The summed E-state index contributed by atoms with van der Waals surface area (Å²) in [4.78, 5) is 37.9. The van der Waals surface area contributed by atoms with Crippen LogP contribution in [0.15, 0.2) is 59.4 Å². The van der Waals surface area contributed by atoms with E-state index in [-0.39, 0.29) is 24.1 Å². The van der Waals surface area contributed by atoms with Gasteiger partial charge in [0.1, 0.15) is 11.9 Å². The molecule has 2 aromatic carbocycles. The molecule has 1 amide bonds. The maximum absolute atomic E-state index is 13.1. The van der Waals surface area contributed by atoms with E-state index in [1.807, 2.05) is 59.5 Å². The van der Waals surface area contributed by atoms with Gasteiger partial charge in [-0.3, -0.25) is 14.2 Å². The first-order chi connectivity index (χ1) is 16.6. The van der Waals surface area contributed by atoms with Gasteiger partial charge in [0.05, 0.1) is 6.61 Å². The average Bonchev–Trinajstić information content (AvgIpc) is 3.53. The minimum atomic E-state index is -0.331. The number of nitrogens with zero attached hydrogens (tertiary/aromatic N) is 4. The van der Waals surface area contributed by atoms with Crippen LogP contribution in [0.1, 0.15) is 24.0 Å². The zero-order chi connectivity index (χ0) is 23.7. The van der Waals surface area contributed by atoms with Crippen LogP contribution in [-0.4, -0.2) is 38.1 Å². The fourth-order valence-corrected chi connectivity index (χ4v) is 5.36. The van der Waals surface area contributed by atoms with E-state index in [4.69, 9.17) is 4.98 Å². The number of aliphatic hydroxyl groups is 1. The van der Waals surface area contributed by atoms with Gasteiger partial charge in [-0.2, -0.15) is 0 Å². The maximum atomic E-state index is 13.1. The Labute approximate surface area is 200 Å². The second kappa shape index (κ2) is 9.36. The standard InChI is InChI=1S/C25H25N5O3S/c1-29-21(18-11-6-5-10-17(18)15-31)28-23-20(24(29)33)27-25(34-23)30-13-7-12-19(30)22(32)26-14-16-8-3-2-4-9-16/h2-6,8-11,19,31H,7,12-15H2,1H3,(H,26,32)/t19-/m1/s1. The summed E-state index contributed by atoms with van der Waals surface area (Å²) in [5.41, 5.74) is 2.50. The lowest BCUT2D eigenvalue weighted by Gasteiger charge is -2.23. The lowest BCUT2D eigenvalue weighted by atomic mass is 10.1. The predicted molar refractivity (Wildman–Crippen MR) is 133 cm³/mol. The lowest BCUT2D eigenvalue weighted by molar-refractivity contribution is -0.122. The van der Waals surface area contributed by atoms with Crippen LogP contribution in [0.25, 0.3) is 21.7 Å². The third-order valence-corrected chi connectivity index (χ3v) is 7.16. The van der Waals surface area contributed by atoms with Crippen molar-refractivity contribution in [1.29, 1.82) is 0 Å². The molecule has 5 rings (SSSR count). The molecule has 0 aliphatic carbocycles. The van der Waals surface area contributed by atoms with Gasteiger partial charge in [0.15, 0.2) is 15.5 Å². The van der Waals surface area contributed by atoms with Crippen LogP contribution in [0.5, 0.6) is 0 Å². The second-order valence-corrected chi connectivity index (χ2v) is 9.28. The Bertz CT molecular complexity index is 1400. The van der Waals surface area contributed by atoms with Gasteiger partial charge < -0.3 is 15.3 Å². The molecular formula is C25H25N5O3S. The molecule has 8 nitrogen and oxygen atoms in total. The number of nitrogens with one attached hydrogen (secondary N) is 1. The van der Waals surface area contributed by atoms with E-state index in [0.29, 0.717) is 45.5 Å². The molecule has 174 valence electrons. The molecule has 0 spiro atoms. The summed E-state index contributed by atoms with van der Waals surface area (Å²) in [6, 6.07) is 16.8. The summed E-state index contributed by atoms with van der Waals surface area (Å²) < 4.78 is 1.47. The smallest absolute Gasteiger partial charge is 0.281 e. The fourth-order valence-electron chi connectivity index (χ4n) is 4.35. The van der Waals surface area contributed by atoms with Gasteiger partial charge in [-0.1, -0.05) is 65.9 Å². The van der Waals surface area contributed by atoms with Crippen molar-refractivity contribution < 1.29 is 9.90 Å². The van der Waals surface area contributed by atoms with Crippen molar-refractivity contribution in [3.63, 3.8) is 0 Å². The summed E-state index contributed by atoms with van der Waals surface area (Å²) in [6.45, 7) is 1.02. The number of benzene rings is 2. The van der Waals surface area contributed by atoms with E-state index < -0.39 is 0 Å².